The number of sulfonamides is 1. The van der Waals surface area contributed by atoms with Crippen LogP contribution in [0.15, 0.2) is 47.4 Å². The second-order valence-corrected chi connectivity index (χ2v) is 8.72. The van der Waals surface area contributed by atoms with Crippen LogP contribution in [-0.4, -0.2) is 44.8 Å². The molecule has 2 aromatic carbocycles. The highest BCUT2D eigenvalue weighted by Crippen LogP contribution is 2.27. The van der Waals surface area contributed by atoms with Crippen LogP contribution < -0.4 is 16.0 Å². The van der Waals surface area contributed by atoms with Crippen molar-refractivity contribution in [3.8, 4) is 0 Å². The van der Waals surface area contributed by atoms with E-state index in [1.54, 1.807) is 18.2 Å². The molecule has 2 rings (SSSR count). The number of aryl methyl sites for hydroxylation is 1. The first-order valence-corrected chi connectivity index (χ1v) is 11.8. The number of anilines is 3. The molecule has 0 bridgehead atoms. The van der Waals surface area contributed by atoms with Crippen LogP contribution in [0.1, 0.15) is 33.3 Å². The van der Waals surface area contributed by atoms with E-state index < -0.39 is 10.0 Å². The molecule has 0 aromatic heterocycles. The van der Waals surface area contributed by atoms with Crippen LogP contribution in [0.4, 0.5) is 17.1 Å². The van der Waals surface area contributed by atoms with E-state index in [2.05, 4.69) is 22.9 Å². The Balaban J connectivity index is 2.19. The molecule has 0 heterocycles. The van der Waals surface area contributed by atoms with E-state index in [9.17, 15) is 13.2 Å². The molecule has 0 spiro atoms. The number of hydrogen-bond donors (Lipinski definition) is 3. The number of hydrogen-bond acceptors (Lipinski definition) is 5. The number of nitrogens with zero attached hydrogens (tertiary/aromatic N) is 1. The average Bonchev–Trinajstić information content (AvgIpc) is 2.74. The van der Waals surface area contributed by atoms with Gasteiger partial charge in [-0.15, -0.1) is 0 Å². The van der Waals surface area contributed by atoms with E-state index >= 15 is 0 Å². The maximum atomic E-state index is 12.9. The van der Waals surface area contributed by atoms with E-state index in [-0.39, 0.29) is 17.3 Å². The normalized spacial score (nSPS) is 11.4. The molecule has 7 nitrogen and oxygen atoms in total. The van der Waals surface area contributed by atoms with Crippen LogP contribution in [0.25, 0.3) is 0 Å². The molecule has 0 unspecified atom stereocenters. The molecule has 0 saturated carbocycles. The summed E-state index contributed by atoms with van der Waals surface area (Å²) in [5, 5.41) is 9.15. The molecule has 0 radical (unpaired) electrons. The van der Waals surface area contributed by atoms with E-state index in [0.29, 0.717) is 25.3 Å². The van der Waals surface area contributed by atoms with Gasteiger partial charge in [-0.25, -0.2) is 8.42 Å². The summed E-state index contributed by atoms with van der Waals surface area (Å²) in [6.45, 7) is 9.12. The maximum absolute atomic E-state index is 12.9. The maximum Gasteiger partial charge on any atom is 0.243 e. The molecule has 0 aliphatic carbocycles. The van der Waals surface area contributed by atoms with Gasteiger partial charge in [-0.2, -0.15) is 4.31 Å². The highest BCUT2D eigenvalue weighted by atomic mass is 32.2. The van der Waals surface area contributed by atoms with Crippen molar-refractivity contribution in [2.75, 3.05) is 42.1 Å². The Morgan fingerprint density at radius 2 is 1.67 bits per heavy atom. The van der Waals surface area contributed by atoms with Gasteiger partial charge < -0.3 is 16.0 Å². The van der Waals surface area contributed by atoms with Crippen LogP contribution >= 0.6 is 0 Å². The van der Waals surface area contributed by atoms with Crippen LogP contribution in [0.2, 0.25) is 0 Å². The van der Waals surface area contributed by atoms with E-state index in [4.69, 9.17) is 0 Å². The van der Waals surface area contributed by atoms with Crippen molar-refractivity contribution in [2.24, 2.45) is 0 Å². The zero-order valence-electron chi connectivity index (χ0n) is 18.2. The Labute approximate surface area is 179 Å². The Bertz CT molecular complexity index is 957. The van der Waals surface area contributed by atoms with Gasteiger partial charge in [0.15, 0.2) is 0 Å². The molecular weight excluding hydrogens is 400 g/mol. The van der Waals surface area contributed by atoms with Crippen molar-refractivity contribution >= 4 is 33.0 Å². The largest absolute Gasteiger partial charge is 0.384 e. The number of nitrogens with one attached hydrogen (secondary N) is 3. The van der Waals surface area contributed by atoms with E-state index in [1.165, 1.54) is 4.31 Å². The molecule has 30 heavy (non-hydrogen) atoms. The molecule has 1 amide bonds. The van der Waals surface area contributed by atoms with Crippen molar-refractivity contribution in [1.82, 2.24) is 4.31 Å². The lowest BCUT2D eigenvalue weighted by Crippen LogP contribution is -2.30. The fraction of sp³-hybridized carbons (Fsp3) is 0.409. The lowest BCUT2D eigenvalue weighted by atomic mass is 10.1. The third-order valence-electron chi connectivity index (χ3n) is 4.76. The van der Waals surface area contributed by atoms with Crippen molar-refractivity contribution in [2.45, 2.75) is 39.0 Å². The summed E-state index contributed by atoms with van der Waals surface area (Å²) in [6.07, 6.45) is 0.891. The van der Waals surface area contributed by atoms with Crippen molar-refractivity contribution in [3.05, 3.63) is 48.0 Å². The minimum absolute atomic E-state index is 0.0174. The minimum atomic E-state index is -3.59. The zero-order chi connectivity index (χ0) is 22.1. The van der Waals surface area contributed by atoms with Crippen LogP contribution in [0.5, 0.6) is 0 Å². The SMILES string of the molecule is CCNc1ccc(S(=O)(=O)N(CC)CC)cc1NCC(=O)Nc1cccc(CC)c1. The fourth-order valence-corrected chi connectivity index (χ4v) is 4.62. The Kier molecular flexibility index (Phi) is 8.68. The molecule has 0 fully saturated rings. The molecule has 164 valence electrons. The van der Waals surface area contributed by atoms with E-state index in [1.807, 2.05) is 45.0 Å². The average molecular weight is 433 g/mol. The van der Waals surface area contributed by atoms with Crippen LogP contribution in [-0.2, 0) is 21.2 Å². The van der Waals surface area contributed by atoms with Gasteiger partial charge in [0.1, 0.15) is 0 Å². The molecule has 0 saturated heterocycles. The molecule has 2 aromatic rings. The quantitative estimate of drug-likeness (QED) is 0.503. The third-order valence-corrected chi connectivity index (χ3v) is 6.81. The van der Waals surface area contributed by atoms with Gasteiger partial charge >= 0.3 is 0 Å². The summed E-state index contributed by atoms with van der Waals surface area (Å²) in [7, 11) is -3.59. The van der Waals surface area contributed by atoms with Gasteiger partial charge in [-0.3, -0.25) is 4.79 Å². The Morgan fingerprint density at radius 1 is 0.933 bits per heavy atom. The lowest BCUT2D eigenvalue weighted by molar-refractivity contribution is -0.114. The van der Waals surface area contributed by atoms with Gasteiger partial charge in [-0.05, 0) is 49.2 Å². The van der Waals surface area contributed by atoms with Gasteiger partial charge in [-0.1, -0.05) is 32.9 Å². The first kappa shape index (κ1) is 23.7. The summed E-state index contributed by atoms with van der Waals surface area (Å²) < 4.78 is 27.1. The monoisotopic (exact) mass is 432 g/mol. The van der Waals surface area contributed by atoms with Gasteiger partial charge in [0, 0.05) is 25.3 Å². The van der Waals surface area contributed by atoms with Crippen LogP contribution in [0, 0.1) is 0 Å². The predicted molar refractivity (Wildman–Crippen MR) is 124 cm³/mol. The van der Waals surface area contributed by atoms with Crippen molar-refractivity contribution in [3.63, 3.8) is 0 Å². The fourth-order valence-electron chi connectivity index (χ4n) is 3.14. The highest BCUT2D eigenvalue weighted by Gasteiger charge is 2.22. The summed E-state index contributed by atoms with van der Waals surface area (Å²) in [5.74, 6) is -0.206. The first-order valence-electron chi connectivity index (χ1n) is 10.4. The zero-order valence-corrected chi connectivity index (χ0v) is 19.0. The van der Waals surface area contributed by atoms with Crippen LogP contribution in [0.3, 0.4) is 0 Å². The molecule has 0 atom stereocenters. The molecule has 0 aliphatic heterocycles. The van der Waals surface area contributed by atoms with Crippen molar-refractivity contribution in [1.29, 1.82) is 0 Å². The summed E-state index contributed by atoms with van der Waals surface area (Å²) >= 11 is 0. The summed E-state index contributed by atoms with van der Waals surface area (Å²) in [4.78, 5) is 12.6. The third kappa shape index (κ3) is 5.96. The first-order chi connectivity index (χ1) is 14.3. The van der Waals surface area contributed by atoms with Crippen molar-refractivity contribution < 1.29 is 13.2 Å². The highest BCUT2D eigenvalue weighted by molar-refractivity contribution is 7.89. The summed E-state index contributed by atoms with van der Waals surface area (Å²) in [6, 6.07) is 12.6. The second kappa shape index (κ2) is 11.0. The number of benzene rings is 2. The molecule has 3 N–H and O–H groups in total. The van der Waals surface area contributed by atoms with Gasteiger partial charge in [0.05, 0.1) is 22.8 Å². The standard InChI is InChI=1S/C22H32N4O3S/c1-5-17-10-9-11-18(14-17)25-22(27)16-24-21-15-19(12-13-20(21)23-6-2)30(28,29)26(7-3)8-4/h9-15,23-24H,5-8,16H2,1-4H3,(H,25,27). The van der Waals surface area contributed by atoms with Gasteiger partial charge in [0.2, 0.25) is 15.9 Å². The number of carbonyl (C=O) groups is 1. The topological polar surface area (TPSA) is 90.5 Å². The number of amides is 1. The van der Waals surface area contributed by atoms with Gasteiger partial charge in [0.25, 0.3) is 0 Å². The lowest BCUT2D eigenvalue weighted by Gasteiger charge is -2.20. The smallest absolute Gasteiger partial charge is 0.243 e. The second-order valence-electron chi connectivity index (χ2n) is 6.78. The predicted octanol–water partition coefficient (Wildman–Crippen LogP) is 3.76. The molecule has 8 heteroatoms. The molecular formula is C22H32N4O3S. The minimum Gasteiger partial charge on any atom is -0.384 e. The molecule has 0 aliphatic rings. The summed E-state index contributed by atoms with van der Waals surface area (Å²) in [5.41, 5.74) is 3.20. The number of carbonyl (C=O) groups excluding carboxylic acids is 1. The number of rotatable bonds is 11. The van der Waals surface area contributed by atoms with E-state index in [0.717, 1.165) is 23.4 Å². The Morgan fingerprint density at radius 3 is 2.30 bits per heavy atom. The Hall–Kier alpha value is -2.58.